The smallest absolute Gasteiger partial charge is 0.133 e. The molecular formula is C15H14BrClO3. The van der Waals surface area contributed by atoms with Gasteiger partial charge in [-0.2, -0.15) is 0 Å². The van der Waals surface area contributed by atoms with E-state index in [-0.39, 0.29) is 0 Å². The Morgan fingerprint density at radius 1 is 0.950 bits per heavy atom. The summed E-state index contributed by atoms with van der Waals surface area (Å²) in [5.74, 6) is 2.33. The van der Waals surface area contributed by atoms with Crippen molar-refractivity contribution in [2.24, 2.45) is 0 Å². The van der Waals surface area contributed by atoms with E-state index in [9.17, 15) is 0 Å². The van der Waals surface area contributed by atoms with Crippen LogP contribution in [0.5, 0.6) is 17.2 Å². The maximum atomic E-state index is 5.86. The van der Waals surface area contributed by atoms with E-state index in [1.54, 1.807) is 19.2 Å². The molecule has 3 nitrogen and oxygen atoms in total. The van der Waals surface area contributed by atoms with Crippen molar-refractivity contribution in [3.05, 3.63) is 52.0 Å². The Balaban J connectivity index is 1.78. The number of halogens is 2. The fourth-order valence-electron chi connectivity index (χ4n) is 1.58. The molecule has 0 N–H and O–H groups in total. The van der Waals surface area contributed by atoms with Crippen LogP contribution in [0.2, 0.25) is 5.02 Å². The molecule has 106 valence electrons. The van der Waals surface area contributed by atoms with Crippen LogP contribution >= 0.6 is 27.5 Å². The quantitative estimate of drug-likeness (QED) is 0.709. The third-order valence-electron chi connectivity index (χ3n) is 2.56. The van der Waals surface area contributed by atoms with Crippen LogP contribution in [0.3, 0.4) is 0 Å². The molecule has 0 unspecified atom stereocenters. The lowest BCUT2D eigenvalue weighted by molar-refractivity contribution is 0.216. The van der Waals surface area contributed by atoms with Gasteiger partial charge in [0.2, 0.25) is 0 Å². The van der Waals surface area contributed by atoms with Crippen LogP contribution in [0.15, 0.2) is 46.9 Å². The van der Waals surface area contributed by atoms with Gasteiger partial charge in [0.1, 0.15) is 30.5 Å². The summed E-state index contributed by atoms with van der Waals surface area (Å²) in [4.78, 5) is 0. The Kier molecular flexibility index (Phi) is 5.56. The SMILES string of the molecule is COc1ccc(OCCOc2ccc(Cl)cc2Br)cc1. The highest BCUT2D eigenvalue weighted by atomic mass is 79.9. The van der Waals surface area contributed by atoms with E-state index in [0.29, 0.717) is 18.2 Å². The lowest BCUT2D eigenvalue weighted by atomic mass is 10.3. The average molecular weight is 358 g/mol. The van der Waals surface area contributed by atoms with Crippen LogP contribution in [0, 0.1) is 0 Å². The van der Waals surface area contributed by atoms with Gasteiger partial charge in [-0.1, -0.05) is 11.6 Å². The second-order valence-corrected chi connectivity index (χ2v) is 5.24. The van der Waals surface area contributed by atoms with Crippen molar-refractivity contribution in [1.82, 2.24) is 0 Å². The van der Waals surface area contributed by atoms with Gasteiger partial charge < -0.3 is 14.2 Å². The van der Waals surface area contributed by atoms with Crippen LogP contribution in [-0.4, -0.2) is 20.3 Å². The van der Waals surface area contributed by atoms with Crippen LogP contribution in [-0.2, 0) is 0 Å². The highest BCUT2D eigenvalue weighted by Crippen LogP contribution is 2.27. The fourth-order valence-corrected chi connectivity index (χ4v) is 2.37. The minimum absolute atomic E-state index is 0.451. The Morgan fingerprint density at radius 2 is 1.60 bits per heavy atom. The molecule has 0 aliphatic heterocycles. The van der Waals surface area contributed by atoms with Gasteiger partial charge in [-0.05, 0) is 58.4 Å². The molecule has 0 saturated heterocycles. The van der Waals surface area contributed by atoms with Crippen LogP contribution in [0.25, 0.3) is 0 Å². The van der Waals surface area contributed by atoms with Gasteiger partial charge >= 0.3 is 0 Å². The van der Waals surface area contributed by atoms with Gasteiger partial charge in [-0.25, -0.2) is 0 Å². The lowest BCUT2D eigenvalue weighted by Gasteiger charge is -2.10. The summed E-state index contributed by atoms with van der Waals surface area (Å²) in [5, 5.41) is 0.665. The molecule has 2 rings (SSSR count). The standard InChI is InChI=1S/C15H14BrClO3/c1-18-12-3-5-13(6-4-12)19-8-9-20-15-7-2-11(17)10-14(15)16/h2-7,10H,8-9H2,1H3. The van der Waals surface area contributed by atoms with Crippen molar-refractivity contribution in [3.63, 3.8) is 0 Å². The third-order valence-corrected chi connectivity index (χ3v) is 3.42. The predicted molar refractivity (Wildman–Crippen MR) is 83.1 cm³/mol. The Labute approximate surface area is 131 Å². The largest absolute Gasteiger partial charge is 0.497 e. The van der Waals surface area contributed by atoms with E-state index in [0.717, 1.165) is 21.7 Å². The van der Waals surface area contributed by atoms with Gasteiger partial charge in [0.05, 0.1) is 11.6 Å². The molecule has 0 radical (unpaired) electrons. The number of hydrogen-bond donors (Lipinski definition) is 0. The van der Waals surface area contributed by atoms with Crippen molar-refractivity contribution in [2.75, 3.05) is 20.3 Å². The number of hydrogen-bond acceptors (Lipinski definition) is 3. The van der Waals surface area contributed by atoms with Gasteiger partial charge in [0.25, 0.3) is 0 Å². The lowest BCUT2D eigenvalue weighted by Crippen LogP contribution is -2.09. The summed E-state index contributed by atoms with van der Waals surface area (Å²) >= 11 is 9.26. The molecule has 5 heteroatoms. The summed E-state index contributed by atoms with van der Waals surface area (Å²) in [7, 11) is 1.63. The number of rotatable bonds is 6. The number of ether oxygens (including phenoxy) is 3. The van der Waals surface area contributed by atoms with Crippen LogP contribution in [0.1, 0.15) is 0 Å². The Morgan fingerprint density at radius 3 is 2.25 bits per heavy atom. The maximum Gasteiger partial charge on any atom is 0.133 e. The Bertz CT molecular complexity index is 558. The number of benzene rings is 2. The van der Waals surface area contributed by atoms with Crippen molar-refractivity contribution in [1.29, 1.82) is 0 Å². The maximum absolute atomic E-state index is 5.86. The molecule has 0 fully saturated rings. The molecule has 0 heterocycles. The minimum atomic E-state index is 0.451. The summed E-state index contributed by atoms with van der Waals surface area (Å²) in [6.07, 6.45) is 0. The average Bonchev–Trinajstić information content (AvgIpc) is 2.46. The zero-order valence-corrected chi connectivity index (χ0v) is 13.3. The monoisotopic (exact) mass is 356 g/mol. The molecule has 0 aromatic heterocycles. The molecule has 0 saturated carbocycles. The van der Waals surface area contributed by atoms with E-state index in [1.165, 1.54) is 0 Å². The predicted octanol–water partition coefficient (Wildman–Crippen LogP) is 4.57. The first-order valence-corrected chi connectivity index (χ1v) is 7.21. The molecule has 2 aromatic carbocycles. The molecule has 0 aliphatic carbocycles. The first kappa shape index (κ1) is 15.0. The summed E-state index contributed by atoms with van der Waals surface area (Å²) in [6.45, 7) is 0.910. The van der Waals surface area contributed by atoms with E-state index in [2.05, 4.69) is 15.9 Å². The summed E-state index contributed by atoms with van der Waals surface area (Å²) in [5.41, 5.74) is 0. The molecule has 2 aromatic rings. The van der Waals surface area contributed by atoms with Crippen LogP contribution < -0.4 is 14.2 Å². The second kappa shape index (κ2) is 7.41. The highest BCUT2D eigenvalue weighted by molar-refractivity contribution is 9.10. The zero-order valence-electron chi connectivity index (χ0n) is 10.9. The molecule has 20 heavy (non-hydrogen) atoms. The molecule has 0 aliphatic rings. The zero-order chi connectivity index (χ0) is 14.4. The first-order valence-electron chi connectivity index (χ1n) is 6.04. The van der Waals surface area contributed by atoms with E-state index in [1.807, 2.05) is 30.3 Å². The highest BCUT2D eigenvalue weighted by Gasteiger charge is 2.02. The molecule has 0 bridgehead atoms. The van der Waals surface area contributed by atoms with E-state index in [4.69, 9.17) is 25.8 Å². The molecule has 0 atom stereocenters. The molecule has 0 amide bonds. The summed E-state index contributed by atoms with van der Waals surface area (Å²) < 4.78 is 17.1. The molecule has 0 spiro atoms. The van der Waals surface area contributed by atoms with Crippen molar-refractivity contribution >= 4 is 27.5 Å². The van der Waals surface area contributed by atoms with Gasteiger partial charge in [0, 0.05) is 5.02 Å². The normalized spacial score (nSPS) is 10.2. The van der Waals surface area contributed by atoms with Gasteiger partial charge in [-0.3, -0.25) is 0 Å². The number of methoxy groups -OCH3 is 1. The minimum Gasteiger partial charge on any atom is -0.497 e. The van der Waals surface area contributed by atoms with Crippen molar-refractivity contribution < 1.29 is 14.2 Å². The molecular weight excluding hydrogens is 344 g/mol. The summed E-state index contributed by atoms with van der Waals surface area (Å²) in [6, 6.07) is 12.8. The Hall–Kier alpha value is -1.39. The first-order chi connectivity index (χ1) is 9.69. The third kappa shape index (κ3) is 4.32. The second-order valence-electron chi connectivity index (χ2n) is 3.95. The van der Waals surface area contributed by atoms with Crippen LogP contribution in [0.4, 0.5) is 0 Å². The van der Waals surface area contributed by atoms with E-state index >= 15 is 0 Å². The fraction of sp³-hybridized carbons (Fsp3) is 0.200. The van der Waals surface area contributed by atoms with Crippen molar-refractivity contribution in [3.8, 4) is 17.2 Å². The van der Waals surface area contributed by atoms with Crippen molar-refractivity contribution in [2.45, 2.75) is 0 Å². The topological polar surface area (TPSA) is 27.7 Å². The van der Waals surface area contributed by atoms with Gasteiger partial charge in [0.15, 0.2) is 0 Å². The van der Waals surface area contributed by atoms with E-state index < -0.39 is 0 Å². The van der Waals surface area contributed by atoms with Gasteiger partial charge in [-0.15, -0.1) is 0 Å².